The molecule has 1 heterocycles. The number of hydrogen-bond donors (Lipinski definition) is 1. The Morgan fingerprint density at radius 2 is 1.72 bits per heavy atom. The van der Waals surface area contributed by atoms with Crippen LogP contribution in [0.1, 0.15) is 11.1 Å². The highest BCUT2D eigenvalue weighted by atomic mass is 16.3. The van der Waals surface area contributed by atoms with E-state index in [1.165, 1.54) is 0 Å². The van der Waals surface area contributed by atoms with Crippen molar-refractivity contribution in [2.24, 2.45) is 0 Å². The van der Waals surface area contributed by atoms with Crippen molar-refractivity contribution in [2.75, 3.05) is 5.73 Å². The number of nitrogen functional groups attached to an aromatic ring is 1. The summed E-state index contributed by atoms with van der Waals surface area (Å²) in [4.78, 5) is 4.52. The van der Waals surface area contributed by atoms with Crippen LogP contribution in [0.4, 0.5) is 5.69 Å². The molecular weight excluding hydrogens is 224 g/mol. The molecule has 2 aromatic carbocycles. The maximum atomic E-state index is 6.01. The molecule has 0 radical (unpaired) electrons. The summed E-state index contributed by atoms with van der Waals surface area (Å²) >= 11 is 0. The second-order valence-corrected chi connectivity index (χ2v) is 4.48. The van der Waals surface area contributed by atoms with E-state index in [0.717, 1.165) is 27.8 Å². The number of rotatable bonds is 1. The lowest BCUT2D eigenvalue weighted by Crippen LogP contribution is -1.92. The summed E-state index contributed by atoms with van der Waals surface area (Å²) in [5.41, 5.74) is 11.4. The first-order chi connectivity index (χ1) is 8.66. The number of aromatic nitrogens is 1. The Morgan fingerprint density at radius 3 is 2.44 bits per heavy atom. The number of anilines is 1. The summed E-state index contributed by atoms with van der Waals surface area (Å²) < 4.78 is 5.86. The smallest absolute Gasteiger partial charge is 0.229 e. The predicted octanol–water partition coefficient (Wildman–Crippen LogP) is 3.69. The molecular formula is C15H14N2O. The van der Waals surface area contributed by atoms with Crippen LogP contribution in [0.5, 0.6) is 0 Å². The molecule has 90 valence electrons. The molecule has 1 aromatic heterocycles. The molecule has 0 fully saturated rings. The maximum absolute atomic E-state index is 6.01. The minimum atomic E-state index is 0.593. The van der Waals surface area contributed by atoms with Gasteiger partial charge in [0, 0.05) is 5.69 Å². The summed E-state index contributed by atoms with van der Waals surface area (Å²) in [6.45, 7) is 4.02. The van der Waals surface area contributed by atoms with Gasteiger partial charge in [-0.1, -0.05) is 24.3 Å². The Morgan fingerprint density at radius 1 is 1.00 bits per heavy atom. The highest BCUT2D eigenvalue weighted by Crippen LogP contribution is 2.32. The molecule has 2 N–H and O–H groups in total. The number of para-hydroxylation sites is 1. The topological polar surface area (TPSA) is 52.0 Å². The van der Waals surface area contributed by atoms with Crippen molar-refractivity contribution in [3.05, 3.63) is 47.5 Å². The summed E-state index contributed by atoms with van der Waals surface area (Å²) in [7, 11) is 0. The maximum Gasteiger partial charge on any atom is 0.229 e. The molecule has 0 aliphatic carbocycles. The van der Waals surface area contributed by atoms with Crippen LogP contribution in [0.2, 0.25) is 0 Å². The van der Waals surface area contributed by atoms with Crippen molar-refractivity contribution in [3.8, 4) is 11.5 Å². The van der Waals surface area contributed by atoms with Gasteiger partial charge in [0.2, 0.25) is 5.89 Å². The molecule has 0 amide bonds. The first kappa shape index (κ1) is 10.8. The van der Waals surface area contributed by atoms with E-state index >= 15 is 0 Å². The van der Waals surface area contributed by atoms with Gasteiger partial charge in [-0.05, 0) is 37.1 Å². The second-order valence-electron chi connectivity index (χ2n) is 4.48. The summed E-state index contributed by atoms with van der Waals surface area (Å²) in [5, 5.41) is 0. The van der Waals surface area contributed by atoms with Crippen molar-refractivity contribution < 1.29 is 4.42 Å². The van der Waals surface area contributed by atoms with Gasteiger partial charge in [-0.2, -0.15) is 0 Å². The fourth-order valence-electron chi connectivity index (χ4n) is 2.18. The molecule has 0 bridgehead atoms. The van der Waals surface area contributed by atoms with Crippen LogP contribution < -0.4 is 5.73 Å². The zero-order chi connectivity index (χ0) is 12.7. The van der Waals surface area contributed by atoms with Crippen LogP contribution in [0.3, 0.4) is 0 Å². The average Bonchev–Trinajstić information content (AvgIpc) is 2.74. The van der Waals surface area contributed by atoms with Gasteiger partial charge in [0.05, 0.1) is 5.56 Å². The van der Waals surface area contributed by atoms with Crippen molar-refractivity contribution in [3.63, 3.8) is 0 Å². The highest BCUT2D eigenvalue weighted by Gasteiger charge is 2.14. The van der Waals surface area contributed by atoms with E-state index in [2.05, 4.69) is 4.98 Å². The molecule has 18 heavy (non-hydrogen) atoms. The molecule has 0 saturated heterocycles. The molecule has 0 aliphatic rings. The molecule has 0 spiro atoms. The highest BCUT2D eigenvalue weighted by molar-refractivity contribution is 5.82. The van der Waals surface area contributed by atoms with Crippen LogP contribution in [-0.2, 0) is 0 Å². The Labute approximate surface area is 105 Å². The number of oxazole rings is 1. The molecule has 3 rings (SSSR count). The Bertz CT molecular complexity index is 708. The number of aryl methyl sites for hydroxylation is 2. The number of nitrogens with zero attached hydrogens (tertiary/aromatic N) is 1. The van der Waals surface area contributed by atoms with Gasteiger partial charge < -0.3 is 10.2 Å². The lowest BCUT2D eigenvalue weighted by atomic mass is 10.1. The average molecular weight is 238 g/mol. The zero-order valence-electron chi connectivity index (χ0n) is 10.4. The van der Waals surface area contributed by atoms with Gasteiger partial charge in [0.25, 0.3) is 0 Å². The first-order valence-corrected chi connectivity index (χ1v) is 5.88. The van der Waals surface area contributed by atoms with Gasteiger partial charge in [0.15, 0.2) is 5.58 Å². The Hall–Kier alpha value is -2.29. The number of hydrogen-bond acceptors (Lipinski definition) is 3. The van der Waals surface area contributed by atoms with Crippen LogP contribution in [0.25, 0.3) is 22.6 Å². The van der Waals surface area contributed by atoms with Gasteiger partial charge in [-0.25, -0.2) is 4.98 Å². The number of benzene rings is 2. The molecule has 3 heteroatoms. The van der Waals surface area contributed by atoms with Crippen molar-refractivity contribution in [1.82, 2.24) is 4.98 Å². The normalized spacial score (nSPS) is 11.0. The second kappa shape index (κ2) is 3.88. The van der Waals surface area contributed by atoms with Crippen molar-refractivity contribution in [2.45, 2.75) is 13.8 Å². The molecule has 0 saturated carbocycles. The van der Waals surface area contributed by atoms with Crippen LogP contribution in [0.15, 0.2) is 40.8 Å². The SMILES string of the molecule is Cc1cccc(N)c1-c1nc2cccc(C)c2o1. The van der Waals surface area contributed by atoms with Gasteiger partial charge in [-0.3, -0.25) is 0 Å². The fraction of sp³-hybridized carbons (Fsp3) is 0.133. The van der Waals surface area contributed by atoms with Crippen LogP contribution in [-0.4, -0.2) is 4.98 Å². The number of fused-ring (bicyclic) bond motifs is 1. The van der Waals surface area contributed by atoms with E-state index < -0.39 is 0 Å². The van der Waals surface area contributed by atoms with E-state index in [1.807, 2.05) is 50.2 Å². The third kappa shape index (κ3) is 1.56. The Balaban J connectivity index is 2.30. The lowest BCUT2D eigenvalue weighted by Gasteiger charge is -2.04. The zero-order valence-corrected chi connectivity index (χ0v) is 10.4. The third-order valence-electron chi connectivity index (χ3n) is 3.13. The van der Waals surface area contributed by atoms with Gasteiger partial charge in [0.1, 0.15) is 5.52 Å². The van der Waals surface area contributed by atoms with Gasteiger partial charge in [-0.15, -0.1) is 0 Å². The van der Waals surface area contributed by atoms with E-state index in [4.69, 9.17) is 10.2 Å². The molecule has 0 aliphatic heterocycles. The monoisotopic (exact) mass is 238 g/mol. The fourth-order valence-corrected chi connectivity index (χ4v) is 2.18. The predicted molar refractivity (Wildman–Crippen MR) is 73.3 cm³/mol. The van der Waals surface area contributed by atoms with E-state index in [1.54, 1.807) is 0 Å². The minimum Gasteiger partial charge on any atom is -0.436 e. The summed E-state index contributed by atoms with van der Waals surface area (Å²) in [6.07, 6.45) is 0. The molecule has 0 atom stereocenters. The first-order valence-electron chi connectivity index (χ1n) is 5.88. The Kier molecular flexibility index (Phi) is 2.33. The summed E-state index contributed by atoms with van der Waals surface area (Å²) in [5.74, 6) is 0.593. The lowest BCUT2D eigenvalue weighted by molar-refractivity contribution is 0.617. The van der Waals surface area contributed by atoms with Gasteiger partial charge >= 0.3 is 0 Å². The van der Waals surface area contributed by atoms with Crippen molar-refractivity contribution in [1.29, 1.82) is 0 Å². The van der Waals surface area contributed by atoms with Crippen LogP contribution in [0, 0.1) is 13.8 Å². The molecule has 3 nitrogen and oxygen atoms in total. The van der Waals surface area contributed by atoms with E-state index in [-0.39, 0.29) is 0 Å². The minimum absolute atomic E-state index is 0.593. The standard InChI is InChI=1S/C15H14N2O/c1-9-5-3-7-11(16)13(9)15-17-12-8-4-6-10(2)14(12)18-15/h3-8H,16H2,1-2H3. The quantitative estimate of drug-likeness (QED) is 0.658. The largest absolute Gasteiger partial charge is 0.436 e. The molecule has 0 unspecified atom stereocenters. The van der Waals surface area contributed by atoms with E-state index in [9.17, 15) is 0 Å². The summed E-state index contributed by atoms with van der Waals surface area (Å²) in [6, 6.07) is 11.7. The molecule has 3 aromatic rings. The number of nitrogens with two attached hydrogens (primary N) is 1. The third-order valence-corrected chi connectivity index (χ3v) is 3.13. The van der Waals surface area contributed by atoms with E-state index in [0.29, 0.717) is 11.6 Å². The van der Waals surface area contributed by atoms with Crippen LogP contribution >= 0.6 is 0 Å². The van der Waals surface area contributed by atoms with Crippen molar-refractivity contribution >= 4 is 16.8 Å².